The topological polar surface area (TPSA) is 46.5 Å². The Morgan fingerprint density at radius 3 is 2.67 bits per heavy atom. The fourth-order valence-corrected chi connectivity index (χ4v) is 2.70. The molecule has 1 aliphatic rings. The molecule has 1 N–H and O–H groups in total. The van der Waals surface area contributed by atoms with E-state index in [0.29, 0.717) is 5.57 Å². The van der Waals surface area contributed by atoms with Crippen LogP contribution in [0.2, 0.25) is 0 Å². The van der Waals surface area contributed by atoms with E-state index in [1.54, 1.807) is 0 Å². The van der Waals surface area contributed by atoms with Gasteiger partial charge in [0, 0.05) is 5.92 Å². The highest BCUT2D eigenvalue weighted by Gasteiger charge is 2.42. The SMILES string of the molecule is CCc1cccc(C(C)C2=C(O)C(C)C(C)(C)OC2=O)c1. The minimum Gasteiger partial charge on any atom is -0.511 e. The zero-order valence-corrected chi connectivity index (χ0v) is 13.4. The van der Waals surface area contributed by atoms with Crippen LogP contribution in [-0.4, -0.2) is 16.7 Å². The second kappa shape index (κ2) is 5.55. The van der Waals surface area contributed by atoms with Crippen molar-refractivity contribution in [3.05, 3.63) is 46.7 Å². The number of esters is 1. The van der Waals surface area contributed by atoms with Crippen LogP contribution in [0.1, 0.15) is 51.7 Å². The molecule has 0 amide bonds. The number of aliphatic hydroxyl groups is 1. The smallest absolute Gasteiger partial charge is 0.338 e. The molecule has 3 heteroatoms. The van der Waals surface area contributed by atoms with Gasteiger partial charge in [-0.25, -0.2) is 4.79 Å². The van der Waals surface area contributed by atoms with Crippen LogP contribution in [0.5, 0.6) is 0 Å². The molecule has 1 aromatic rings. The summed E-state index contributed by atoms with van der Waals surface area (Å²) in [5.41, 5.74) is 1.96. The number of hydrogen-bond donors (Lipinski definition) is 1. The lowest BCUT2D eigenvalue weighted by molar-refractivity contribution is -0.160. The highest BCUT2D eigenvalue weighted by Crippen LogP contribution is 2.39. The van der Waals surface area contributed by atoms with Gasteiger partial charge in [0.1, 0.15) is 11.4 Å². The number of carbonyl (C=O) groups excluding carboxylic acids is 1. The lowest BCUT2D eigenvalue weighted by atomic mass is 9.81. The predicted molar refractivity (Wildman–Crippen MR) is 83.2 cm³/mol. The molecule has 0 saturated carbocycles. The van der Waals surface area contributed by atoms with E-state index in [9.17, 15) is 9.90 Å². The molecule has 21 heavy (non-hydrogen) atoms. The first kappa shape index (κ1) is 15.6. The summed E-state index contributed by atoms with van der Waals surface area (Å²) in [5, 5.41) is 10.5. The third-order valence-electron chi connectivity index (χ3n) is 4.60. The Morgan fingerprint density at radius 1 is 1.38 bits per heavy atom. The number of hydrogen-bond acceptors (Lipinski definition) is 3. The molecule has 0 spiro atoms. The van der Waals surface area contributed by atoms with E-state index in [2.05, 4.69) is 19.1 Å². The Balaban J connectivity index is 2.44. The number of carbonyl (C=O) groups is 1. The van der Waals surface area contributed by atoms with Crippen LogP contribution in [0.3, 0.4) is 0 Å². The lowest BCUT2D eigenvalue weighted by Crippen LogP contribution is -2.42. The molecule has 0 aromatic heterocycles. The monoisotopic (exact) mass is 288 g/mol. The second-order valence-corrected chi connectivity index (χ2v) is 6.33. The molecule has 1 heterocycles. The van der Waals surface area contributed by atoms with Gasteiger partial charge in [0.15, 0.2) is 0 Å². The Kier molecular flexibility index (Phi) is 4.13. The Morgan fingerprint density at radius 2 is 2.05 bits per heavy atom. The first-order valence-electron chi connectivity index (χ1n) is 7.53. The minimum atomic E-state index is -0.671. The zero-order chi connectivity index (χ0) is 15.8. The summed E-state index contributed by atoms with van der Waals surface area (Å²) < 4.78 is 5.51. The summed E-state index contributed by atoms with van der Waals surface area (Å²) in [4.78, 5) is 12.3. The van der Waals surface area contributed by atoms with E-state index in [1.165, 1.54) is 5.56 Å². The third kappa shape index (κ3) is 2.82. The van der Waals surface area contributed by atoms with Crippen molar-refractivity contribution < 1.29 is 14.6 Å². The highest BCUT2D eigenvalue weighted by atomic mass is 16.6. The normalized spacial score (nSPS) is 22.9. The Hall–Kier alpha value is -1.77. The number of ether oxygens (including phenoxy) is 1. The molecule has 0 bridgehead atoms. The number of rotatable bonds is 3. The van der Waals surface area contributed by atoms with Crippen LogP contribution >= 0.6 is 0 Å². The number of cyclic esters (lactones) is 1. The number of aliphatic hydroxyl groups excluding tert-OH is 1. The van der Waals surface area contributed by atoms with E-state index in [4.69, 9.17) is 4.74 Å². The van der Waals surface area contributed by atoms with E-state index in [1.807, 2.05) is 39.8 Å². The minimum absolute atomic E-state index is 0.158. The van der Waals surface area contributed by atoms with E-state index in [0.717, 1.165) is 12.0 Å². The maximum Gasteiger partial charge on any atom is 0.338 e. The summed E-state index contributed by atoms with van der Waals surface area (Å²) in [6.07, 6.45) is 0.944. The quantitative estimate of drug-likeness (QED) is 0.850. The summed E-state index contributed by atoms with van der Waals surface area (Å²) in [7, 11) is 0. The van der Waals surface area contributed by atoms with Crippen LogP contribution in [0.25, 0.3) is 0 Å². The van der Waals surface area contributed by atoms with Crippen molar-refractivity contribution in [2.75, 3.05) is 0 Å². The van der Waals surface area contributed by atoms with Crippen LogP contribution in [0.15, 0.2) is 35.6 Å². The van der Waals surface area contributed by atoms with E-state index in [-0.39, 0.29) is 17.6 Å². The molecule has 2 atom stereocenters. The van der Waals surface area contributed by atoms with Crippen LogP contribution in [0, 0.1) is 5.92 Å². The summed E-state index contributed by atoms with van der Waals surface area (Å²) in [5.74, 6) is -0.639. The van der Waals surface area contributed by atoms with Crippen molar-refractivity contribution in [1.82, 2.24) is 0 Å². The molecular weight excluding hydrogens is 264 g/mol. The molecule has 0 aliphatic carbocycles. The van der Waals surface area contributed by atoms with Gasteiger partial charge in [0.25, 0.3) is 0 Å². The molecule has 2 rings (SSSR count). The van der Waals surface area contributed by atoms with Gasteiger partial charge in [-0.05, 0) is 31.4 Å². The van der Waals surface area contributed by atoms with Crippen molar-refractivity contribution in [1.29, 1.82) is 0 Å². The van der Waals surface area contributed by atoms with Crippen LogP contribution < -0.4 is 0 Å². The lowest BCUT2D eigenvalue weighted by Gasteiger charge is -2.37. The van der Waals surface area contributed by atoms with Crippen molar-refractivity contribution in [2.24, 2.45) is 5.92 Å². The first-order chi connectivity index (χ1) is 9.77. The maximum atomic E-state index is 12.3. The summed E-state index contributed by atoms with van der Waals surface area (Å²) >= 11 is 0. The van der Waals surface area contributed by atoms with Crippen molar-refractivity contribution in [3.8, 4) is 0 Å². The Labute approximate surface area is 126 Å². The zero-order valence-electron chi connectivity index (χ0n) is 13.4. The predicted octanol–water partition coefficient (Wildman–Crippen LogP) is 4.14. The average molecular weight is 288 g/mol. The third-order valence-corrected chi connectivity index (χ3v) is 4.60. The van der Waals surface area contributed by atoms with Gasteiger partial charge in [0.2, 0.25) is 0 Å². The van der Waals surface area contributed by atoms with Gasteiger partial charge in [-0.3, -0.25) is 0 Å². The standard InChI is InChI=1S/C18H24O3/c1-6-13-8-7-9-14(10-13)11(2)15-16(19)12(3)18(4,5)21-17(15)20/h7-12,19H,6H2,1-5H3. The number of benzene rings is 1. The molecule has 0 fully saturated rings. The maximum absolute atomic E-state index is 12.3. The summed E-state index contributed by atoms with van der Waals surface area (Å²) in [6, 6.07) is 8.13. The molecule has 0 radical (unpaired) electrons. The fourth-order valence-electron chi connectivity index (χ4n) is 2.70. The molecule has 2 unspecified atom stereocenters. The molecule has 1 aromatic carbocycles. The molecule has 3 nitrogen and oxygen atoms in total. The fraction of sp³-hybridized carbons (Fsp3) is 0.500. The molecule has 114 valence electrons. The Bertz CT molecular complexity index is 584. The summed E-state index contributed by atoms with van der Waals surface area (Å²) in [6.45, 7) is 9.57. The van der Waals surface area contributed by atoms with Crippen molar-refractivity contribution in [2.45, 2.75) is 52.6 Å². The number of aryl methyl sites for hydroxylation is 1. The van der Waals surface area contributed by atoms with E-state index < -0.39 is 11.6 Å². The van der Waals surface area contributed by atoms with E-state index >= 15 is 0 Å². The van der Waals surface area contributed by atoms with Gasteiger partial charge >= 0.3 is 5.97 Å². The molecule has 1 aliphatic heterocycles. The van der Waals surface area contributed by atoms with Gasteiger partial charge < -0.3 is 9.84 Å². The van der Waals surface area contributed by atoms with Gasteiger partial charge in [-0.1, -0.05) is 45.0 Å². The highest BCUT2D eigenvalue weighted by molar-refractivity contribution is 5.92. The molecule has 0 saturated heterocycles. The van der Waals surface area contributed by atoms with Gasteiger partial charge in [0.05, 0.1) is 11.5 Å². The van der Waals surface area contributed by atoms with Gasteiger partial charge in [-0.15, -0.1) is 0 Å². The van der Waals surface area contributed by atoms with Crippen LogP contribution in [0.4, 0.5) is 0 Å². The van der Waals surface area contributed by atoms with Gasteiger partial charge in [-0.2, -0.15) is 0 Å². The average Bonchev–Trinajstić information content (AvgIpc) is 2.44. The van der Waals surface area contributed by atoms with Crippen LogP contribution in [-0.2, 0) is 16.0 Å². The second-order valence-electron chi connectivity index (χ2n) is 6.33. The first-order valence-corrected chi connectivity index (χ1v) is 7.53. The molecular formula is C18H24O3. The van der Waals surface area contributed by atoms with Crippen molar-refractivity contribution >= 4 is 5.97 Å². The van der Waals surface area contributed by atoms with Crippen molar-refractivity contribution in [3.63, 3.8) is 0 Å². The largest absolute Gasteiger partial charge is 0.511 e.